The molecule has 1 saturated carbocycles. The van der Waals surface area contributed by atoms with Crippen LogP contribution in [0.4, 0.5) is 0 Å². The van der Waals surface area contributed by atoms with Crippen LogP contribution in [0.15, 0.2) is 0 Å². The van der Waals surface area contributed by atoms with E-state index in [-0.39, 0.29) is 30.8 Å². The van der Waals surface area contributed by atoms with Crippen molar-refractivity contribution < 1.29 is 28.9 Å². The highest BCUT2D eigenvalue weighted by molar-refractivity contribution is 5.78. The number of carboxylic acids is 1. The minimum atomic E-state index is -1.08. The molecule has 7 nitrogen and oxygen atoms in total. The van der Waals surface area contributed by atoms with Crippen molar-refractivity contribution in [1.29, 1.82) is 0 Å². The minimum Gasteiger partial charge on any atom is -0.480 e. The van der Waals surface area contributed by atoms with E-state index in [9.17, 15) is 9.59 Å². The van der Waals surface area contributed by atoms with E-state index in [1.165, 1.54) is 0 Å². The van der Waals surface area contributed by atoms with E-state index in [0.717, 1.165) is 19.3 Å². The summed E-state index contributed by atoms with van der Waals surface area (Å²) < 4.78 is 16.0. The molecule has 0 aromatic rings. The summed E-state index contributed by atoms with van der Waals surface area (Å²) >= 11 is 0. The fourth-order valence-corrected chi connectivity index (χ4v) is 2.50. The van der Waals surface area contributed by atoms with Crippen LogP contribution in [0.1, 0.15) is 19.3 Å². The van der Waals surface area contributed by atoms with Gasteiger partial charge in [0.25, 0.3) is 0 Å². The summed E-state index contributed by atoms with van der Waals surface area (Å²) in [6.45, 7) is 0.554. The van der Waals surface area contributed by atoms with Gasteiger partial charge in [0.15, 0.2) is 0 Å². The van der Waals surface area contributed by atoms with Gasteiger partial charge in [-0.25, -0.2) is 4.79 Å². The number of ether oxygens (including phenoxy) is 3. The van der Waals surface area contributed by atoms with Crippen molar-refractivity contribution >= 4 is 11.9 Å². The van der Waals surface area contributed by atoms with Gasteiger partial charge in [-0.3, -0.25) is 4.79 Å². The maximum absolute atomic E-state index is 11.6. The molecule has 3 unspecified atom stereocenters. The van der Waals surface area contributed by atoms with Crippen molar-refractivity contribution in [2.45, 2.75) is 37.5 Å². The molecule has 3 atom stereocenters. The Labute approximate surface area is 111 Å². The van der Waals surface area contributed by atoms with Crippen LogP contribution < -0.4 is 5.32 Å². The second kappa shape index (κ2) is 6.83. The van der Waals surface area contributed by atoms with E-state index in [2.05, 4.69) is 5.32 Å². The number of hydrogen-bond donors (Lipinski definition) is 2. The summed E-state index contributed by atoms with van der Waals surface area (Å²) in [7, 11) is 0. The Morgan fingerprint density at radius 3 is 2.63 bits per heavy atom. The summed E-state index contributed by atoms with van der Waals surface area (Å²) in [5.41, 5.74) is 0. The van der Waals surface area contributed by atoms with Crippen LogP contribution in [0.25, 0.3) is 0 Å². The predicted octanol–water partition coefficient (Wildman–Crippen LogP) is -0.460. The number of carbonyl (C=O) groups is 2. The average molecular weight is 273 g/mol. The molecule has 1 aliphatic carbocycles. The molecule has 2 aliphatic rings. The number of aliphatic carboxylic acids is 1. The van der Waals surface area contributed by atoms with E-state index < -0.39 is 12.6 Å². The van der Waals surface area contributed by atoms with Gasteiger partial charge in [-0.2, -0.15) is 0 Å². The summed E-state index contributed by atoms with van der Waals surface area (Å²) in [6, 6.07) is 0.0453. The van der Waals surface area contributed by atoms with Crippen LogP contribution in [-0.2, 0) is 23.8 Å². The second-order valence-corrected chi connectivity index (χ2v) is 4.78. The molecule has 19 heavy (non-hydrogen) atoms. The average Bonchev–Trinajstić information content (AvgIpc) is 2.38. The summed E-state index contributed by atoms with van der Waals surface area (Å²) in [6.07, 6.45) is 2.63. The molecular formula is C12H19NO6. The SMILES string of the molecule is O=C(O)COCC(=O)NC1CCC2OCCOC2C1. The third kappa shape index (κ3) is 4.45. The highest BCUT2D eigenvalue weighted by atomic mass is 16.6. The maximum Gasteiger partial charge on any atom is 0.329 e. The van der Waals surface area contributed by atoms with E-state index in [1.54, 1.807) is 0 Å². The van der Waals surface area contributed by atoms with Crippen molar-refractivity contribution in [2.75, 3.05) is 26.4 Å². The fraction of sp³-hybridized carbons (Fsp3) is 0.833. The number of nitrogens with one attached hydrogen (secondary N) is 1. The Bertz CT molecular complexity index is 334. The molecule has 0 bridgehead atoms. The Morgan fingerprint density at radius 1 is 1.16 bits per heavy atom. The summed E-state index contributed by atoms with van der Waals surface area (Å²) in [5, 5.41) is 11.2. The van der Waals surface area contributed by atoms with Gasteiger partial charge in [-0.15, -0.1) is 0 Å². The molecule has 2 fully saturated rings. The van der Waals surface area contributed by atoms with E-state index >= 15 is 0 Å². The zero-order valence-electron chi connectivity index (χ0n) is 10.7. The van der Waals surface area contributed by atoms with Gasteiger partial charge in [-0.05, 0) is 19.3 Å². The molecule has 0 spiro atoms. The number of amides is 1. The molecule has 1 aliphatic heterocycles. The first-order chi connectivity index (χ1) is 9.15. The van der Waals surface area contributed by atoms with Gasteiger partial charge in [-0.1, -0.05) is 0 Å². The van der Waals surface area contributed by atoms with Gasteiger partial charge in [0.2, 0.25) is 5.91 Å². The van der Waals surface area contributed by atoms with Crippen LogP contribution in [0, 0.1) is 0 Å². The van der Waals surface area contributed by atoms with Crippen molar-refractivity contribution in [2.24, 2.45) is 0 Å². The number of rotatable bonds is 5. The van der Waals surface area contributed by atoms with Gasteiger partial charge in [0.1, 0.15) is 13.2 Å². The number of carboxylic acid groups (broad SMARTS) is 1. The minimum absolute atomic E-state index is 0.0453. The lowest BCUT2D eigenvalue weighted by molar-refractivity contribution is -0.159. The first-order valence-corrected chi connectivity index (χ1v) is 6.47. The van der Waals surface area contributed by atoms with Crippen LogP contribution in [0.3, 0.4) is 0 Å². The monoisotopic (exact) mass is 273 g/mol. The zero-order chi connectivity index (χ0) is 13.7. The van der Waals surface area contributed by atoms with Crippen LogP contribution in [0.5, 0.6) is 0 Å². The lowest BCUT2D eigenvalue weighted by Gasteiger charge is -2.39. The normalized spacial score (nSPS) is 30.4. The summed E-state index contributed by atoms with van der Waals surface area (Å²) in [5.74, 6) is -1.37. The van der Waals surface area contributed by atoms with Crippen molar-refractivity contribution in [3.8, 4) is 0 Å². The van der Waals surface area contributed by atoms with E-state index in [4.69, 9.17) is 19.3 Å². The number of hydrogen-bond acceptors (Lipinski definition) is 5. The Morgan fingerprint density at radius 2 is 1.89 bits per heavy atom. The molecule has 0 radical (unpaired) electrons. The highest BCUT2D eigenvalue weighted by Gasteiger charge is 2.34. The molecule has 108 valence electrons. The maximum atomic E-state index is 11.6. The molecule has 0 aromatic carbocycles. The van der Waals surface area contributed by atoms with Crippen LogP contribution in [-0.4, -0.2) is 61.7 Å². The molecule has 2 rings (SSSR count). The topological polar surface area (TPSA) is 94.1 Å². The largest absolute Gasteiger partial charge is 0.480 e. The third-order valence-corrected chi connectivity index (χ3v) is 3.30. The van der Waals surface area contributed by atoms with Crippen molar-refractivity contribution in [3.63, 3.8) is 0 Å². The zero-order valence-corrected chi connectivity index (χ0v) is 10.7. The van der Waals surface area contributed by atoms with Gasteiger partial charge in [0.05, 0.1) is 25.4 Å². The lowest BCUT2D eigenvalue weighted by atomic mass is 9.89. The molecule has 0 aromatic heterocycles. The number of fused-ring (bicyclic) bond motifs is 1. The third-order valence-electron chi connectivity index (χ3n) is 3.30. The smallest absolute Gasteiger partial charge is 0.329 e. The molecule has 1 amide bonds. The van der Waals surface area contributed by atoms with Crippen LogP contribution in [0.2, 0.25) is 0 Å². The fourth-order valence-electron chi connectivity index (χ4n) is 2.50. The van der Waals surface area contributed by atoms with Crippen molar-refractivity contribution in [1.82, 2.24) is 5.32 Å². The second-order valence-electron chi connectivity index (χ2n) is 4.78. The molecule has 7 heteroatoms. The highest BCUT2D eigenvalue weighted by Crippen LogP contribution is 2.26. The quantitative estimate of drug-likeness (QED) is 0.704. The van der Waals surface area contributed by atoms with Crippen molar-refractivity contribution in [3.05, 3.63) is 0 Å². The van der Waals surface area contributed by atoms with Crippen LogP contribution >= 0.6 is 0 Å². The van der Waals surface area contributed by atoms with E-state index in [1.807, 2.05) is 0 Å². The Kier molecular flexibility index (Phi) is 5.12. The standard InChI is InChI=1S/C12H19NO6/c14-11(6-17-7-12(15)16)13-8-1-2-9-10(5-8)19-4-3-18-9/h8-10H,1-7H2,(H,13,14)(H,15,16). The summed E-state index contributed by atoms with van der Waals surface area (Å²) in [4.78, 5) is 21.8. The first kappa shape index (κ1) is 14.2. The van der Waals surface area contributed by atoms with Gasteiger partial charge >= 0.3 is 5.97 Å². The lowest BCUT2D eigenvalue weighted by Crippen LogP contribution is -2.49. The van der Waals surface area contributed by atoms with Gasteiger partial charge in [0, 0.05) is 6.04 Å². The van der Waals surface area contributed by atoms with Gasteiger partial charge < -0.3 is 24.6 Å². The molecule has 1 saturated heterocycles. The predicted molar refractivity (Wildman–Crippen MR) is 63.7 cm³/mol. The molecule has 2 N–H and O–H groups in total. The molecular weight excluding hydrogens is 254 g/mol. The Hall–Kier alpha value is -1.18. The first-order valence-electron chi connectivity index (χ1n) is 6.47. The Balaban J connectivity index is 1.68. The van der Waals surface area contributed by atoms with E-state index in [0.29, 0.717) is 13.2 Å². The molecule has 1 heterocycles. The number of carbonyl (C=O) groups excluding carboxylic acids is 1.